The lowest BCUT2D eigenvalue weighted by Crippen LogP contribution is -1.86. The van der Waals surface area contributed by atoms with Crippen LogP contribution >= 0.6 is 0 Å². The number of rotatable bonds is 3. The van der Waals surface area contributed by atoms with Crippen molar-refractivity contribution in [3.63, 3.8) is 0 Å². The van der Waals surface area contributed by atoms with Gasteiger partial charge in [0.1, 0.15) is 11.5 Å². The van der Waals surface area contributed by atoms with Crippen LogP contribution < -0.4 is 0 Å². The van der Waals surface area contributed by atoms with Gasteiger partial charge in [-0.05, 0) is 25.8 Å². The Labute approximate surface area is 140 Å². The molecule has 0 aliphatic heterocycles. The first-order valence-corrected chi connectivity index (χ1v) is 8.40. The minimum Gasteiger partial charge on any atom is -0.342 e. The van der Waals surface area contributed by atoms with Crippen molar-refractivity contribution in [2.75, 3.05) is 0 Å². The fourth-order valence-electron chi connectivity index (χ4n) is 3.37. The van der Waals surface area contributed by atoms with Gasteiger partial charge >= 0.3 is 0 Å². The van der Waals surface area contributed by atoms with Gasteiger partial charge in [-0.3, -0.25) is 5.10 Å². The third-order valence-electron chi connectivity index (χ3n) is 4.76. The number of benzene rings is 2. The first kappa shape index (κ1) is 13.5. The molecule has 2 N–H and O–H groups in total. The molecule has 4 heteroatoms. The van der Waals surface area contributed by atoms with Crippen LogP contribution in [0.1, 0.15) is 30.3 Å². The molecule has 0 spiro atoms. The van der Waals surface area contributed by atoms with Crippen LogP contribution in [0.3, 0.4) is 0 Å². The van der Waals surface area contributed by atoms with Crippen LogP contribution in [0.2, 0.25) is 0 Å². The summed E-state index contributed by atoms with van der Waals surface area (Å²) in [4.78, 5) is 8.41. The van der Waals surface area contributed by atoms with E-state index in [2.05, 4.69) is 52.4 Å². The Kier molecular flexibility index (Phi) is 2.86. The van der Waals surface area contributed by atoms with Crippen LogP contribution in [0.25, 0.3) is 33.4 Å². The lowest BCUT2D eigenvalue weighted by molar-refractivity contribution is 0.986. The summed E-state index contributed by atoms with van der Waals surface area (Å²) in [6, 6.07) is 16.7. The average molecular weight is 314 g/mol. The summed E-state index contributed by atoms with van der Waals surface area (Å²) >= 11 is 0. The Hall–Kier alpha value is -2.88. The molecule has 0 bridgehead atoms. The number of nitrogens with zero attached hydrogens (tertiary/aromatic N) is 2. The number of hydrogen-bond acceptors (Lipinski definition) is 2. The van der Waals surface area contributed by atoms with Crippen LogP contribution in [0.5, 0.6) is 0 Å². The first-order chi connectivity index (χ1) is 11.8. The molecule has 118 valence electrons. The van der Waals surface area contributed by atoms with E-state index in [4.69, 9.17) is 4.98 Å². The van der Waals surface area contributed by atoms with Crippen LogP contribution in [0, 0.1) is 6.92 Å². The molecule has 2 heterocycles. The van der Waals surface area contributed by atoms with Gasteiger partial charge in [0.05, 0.1) is 11.0 Å². The normalized spacial score (nSPS) is 14.4. The van der Waals surface area contributed by atoms with Gasteiger partial charge in [-0.15, -0.1) is 0 Å². The topological polar surface area (TPSA) is 57.4 Å². The van der Waals surface area contributed by atoms with Gasteiger partial charge in [0.25, 0.3) is 0 Å². The molecule has 2 aromatic carbocycles. The van der Waals surface area contributed by atoms with Gasteiger partial charge in [0.15, 0.2) is 0 Å². The molecule has 0 saturated heterocycles. The summed E-state index contributed by atoms with van der Waals surface area (Å²) in [6.07, 6.45) is 2.49. The highest BCUT2D eigenvalue weighted by molar-refractivity contribution is 5.97. The van der Waals surface area contributed by atoms with Gasteiger partial charge in [0, 0.05) is 28.3 Å². The number of imidazole rings is 1. The summed E-state index contributed by atoms with van der Waals surface area (Å²) in [5.41, 5.74) is 7.59. The van der Waals surface area contributed by atoms with Crippen molar-refractivity contribution >= 4 is 11.0 Å². The van der Waals surface area contributed by atoms with E-state index in [1.807, 2.05) is 18.2 Å². The van der Waals surface area contributed by atoms with Crippen LogP contribution in [-0.4, -0.2) is 20.2 Å². The molecule has 4 nitrogen and oxygen atoms in total. The van der Waals surface area contributed by atoms with Crippen molar-refractivity contribution in [3.8, 4) is 22.4 Å². The summed E-state index contributed by atoms with van der Waals surface area (Å²) in [5, 5.41) is 7.71. The lowest BCUT2D eigenvalue weighted by Gasteiger charge is -2.05. The smallest absolute Gasteiger partial charge is 0.110 e. The third kappa shape index (κ3) is 2.07. The molecular weight excluding hydrogens is 296 g/mol. The van der Waals surface area contributed by atoms with Gasteiger partial charge in [-0.1, -0.05) is 42.5 Å². The highest BCUT2D eigenvalue weighted by atomic mass is 15.1. The van der Waals surface area contributed by atoms with Gasteiger partial charge < -0.3 is 4.98 Å². The van der Waals surface area contributed by atoms with Crippen molar-refractivity contribution in [3.05, 3.63) is 60.0 Å². The standard InChI is InChI=1S/C20H18N4/c1-12-17(18(24-23-12)13-6-3-2-4-7-13)15-8-5-9-16-19(15)22-20(21-16)14-10-11-14/h2-9,14H,10-11H2,1H3,(H,21,22)(H,23,24). The van der Waals surface area contributed by atoms with Crippen LogP contribution in [0.4, 0.5) is 0 Å². The number of aryl methyl sites for hydroxylation is 1. The molecule has 0 amide bonds. The Morgan fingerprint density at radius 2 is 1.83 bits per heavy atom. The van der Waals surface area contributed by atoms with E-state index in [9.17, 15) is 0 Å². The van der Waals surface area contributed by atoms with Crippen molar-refractivity contribution in [1.29, 1.82) is 0 Å². The van der Waals surface area contributed by atoms with E-state index in [0.717, 1.165) is 44.9 Å². The Morgan fingerprint density at radius 1 is 1.00 bits per heavy atom. The molecule has 1 aliphatic carbocycles. The second-order valence-electron chi connectivity index (χ2n) is 6.54. The zero-order valence-electron chi connectivity index (χ0n) is 13.5. The third-order valence-corrected chi connectivity index (χ3v) is 4.76. The van der Waals surface area contributed by atoms with E-state index >= 15 is 0 Å². The SMILES string of the molecule is Cc1[nH]nc(-c2ccccc2)c1-c1cccc2[nH]c(C3CC3)nc12. The van der Waals surface area contributed by atoms with Crippen molar-refractivity contribution < 1.29 is 0 Å². The number of nitrogens with one attached hydrogen (secondary N) is 2. The summed E-state index contributed by atoms with van der Waals surface area (Å²) < 4.78 is 0. The predicted molar refractivity (Wildman–Crippen MR) is 95.8 cm³/mol. The number of H-pyrrole nitrogens is 2. The van der Waals surface area contributed by atoms with E-state index in [-0.39, 0.29) is 0 Å². The molecule has 1 saturated carbocycles. The maximum atomic E-state index is 4.91. The summed E-state index contributed by atoms with van der Waals surface area (Å²) in [5.74, 6) is 1.74. The fraction of sp³-hybridized carbons (Fsp3) is 0.200. The molecule has 0 atom stereocenters. The number of para-hydroxylation sites is 1. The quantitative estimate of drug-likeness (QED) is 0.570. The molecule has 0 unspecified atom stereocenters. The largest absolute Gasteiger partial charge is 0.342 e. The monoisotopic (exact) mass is 314 g/mol. The van der Waals surface area contributed by atoms with E-state index in [0.29, 0.717) is 5.92 Å². The van der Waals surface area contributed by atoms with E-state index in [1.165, 1.54) is 12.8 Å². The molecule has 4 aromatic rings. The number of fused-ring (bicyclic) bond motifs is 1. The molecule has 0 radical (unpaired) electrons. The molecule has 24 heavy (non-hydrogen) atoms. The van der Waals surface area contributed by atoms with Crippen LogP contribution in [-0.2, 0) is 0 Å². The Bertz CT molecular complexity index is 1020. The Morgan fingerprint density at radius 3 is 2.62 bits per heavy atom. The molecule has 1 fully saturated rings. The van der Waals surface area contributed by atoms with Crippen molar-refractivity contribution in [2.24, 2.45) is 0 Å². The molecule has 2 aromatic heterocycles. The van der Waals surface area contributed by atoms with Gasteiger partial charge in [-0.2, -0.15) is 5.10 Å². The van der Waals surface area contributed by atoms with E-state index < -0.39 is 0 Å². The molecule has 1 aliphatic rings. The van der Waals surface area contributed by atoms with Crippen molar-refractivity contribution in [1.82, 2.24) is 20.2 Å². The van der Waals surface area contributed by atoms with Gasteiger partial charge in [0.2, 0.25) is 0 Å². The zero-order chi connectivity index (χ0) is 16.1. The minimum atomic E-state index is 0.615. The molecular formula is C20H18N4. The Balaban J connectivity index is 1.75. The molecule has 5 rings (SSSR count). The van der Waals surface area contributed by atoms with Gasteiger partial charge in [-0.25, -0.2) is 4.98 Å². The zero-order valence-corrected chi connectivity index (χ0v) is 13.5. The van der Waals surface area contributed by atoms with E-state index in [1.54, 1.807) is 0 Å². The second-order valence-corrected chi connectivity index (χ2v) is 6.54. The summed E-state index contributed by atoms with van der Waals surface area (Å²) in [7, 11) is 0. The second kappa shape index (κ2) is 5.06. The van der Waals surface area contributed by atoms with Crippen molar-refractivity contribution in [2.45, 2.75) is 25.7 Å². The average Bonchev–Trinajstić information content (AvgIpc) is 3.26. The number of aromatic nitrogens is 4. The van der Waals surface area contributed by atoms with Crippen LogP contribution in [0.15, 0.2) is 48.5 Å². The summed E-state index contributed by atoms with van der Waals surface area (Å²) in [6.45, 7) is 2.07. The lowest BCUT2D eigenvalue weighted by atomic mass is 9.98. The fourth-order valence-corrected chi connectivity index (χ4v) is 3.37. The highest BCUT2D eigenvalue weighted by Gasteiger charge is 2.27. The number of hydrogen-bond donors (Lipinski definition) is 2. The first-order valence-electron chi connectivity index (χ1n) is 8.40. The maximum Gasteiger partial charge on any atom is 0.110 e. The number of aromatic amines is 2. The highest BCUT2D eigenvalue weighted by Crippen LogP contribution is 2.41. The predicted octanol–water partition coefficient (Wildman–Crippen LogP) is 4.81. The maximum absolute atomic E-state index is 4.91. The minimum absolute atomic E-state index is 0.615.